The molecular formula is C16H24N2O. The molecule has 1 unspecified atom stereocenters. The van der Waals surface area contributed by atoms with E-state index in [2.05, 4.69) is 34.5 Å². The van der Waals surface area contributed by atoms with Gasteiger partial charge < -0.3 is 10.1 Å². The summed E-state index contributed by atoms with van der Waals surface area (Å²) in [5.74, 6) is 0. The smallest absolute Gasteiger partial charge is 0.0712 e. The molecule has 19 heavy (non-hydrogen) atoms. The van der Waals surface area contributed by atoms with E-state index in [-0.39, 0.29) is 0 Å². The highest BCUT2D eigenvalue weighted by Crippen LogP contribution is 2.18. The number of aryl methyl sites for hydroxylation is 1. The summed E-state index contributed by atoms with van der Waals surface area (Å²) in [4.78, 5) is 2.59. The molecule has 0 bridgehead atoms. The number of hydrogen-bond acceptors (Lipinski definition) is 3. The first-order valence-electron chi connectivity index (χ1n) is 7.53. The number of rotatable bonds is 3. The number of fused-ring (bicyclic) bond motifs is 1. The lowest BCUT2D eigenvalue weighted by molar-refractivity contribution is 0.0170. The van der Waals surface area contributed by atoms with E-state index in [1.807, 2.05) is 0 Å². The van der Waals surface area contributed by atoms with Crippen LogP contribution in [0.3, 0.4) is 0 Å². The second-order valence-electron chi connectivity index (χ2n) is 5.63. The van der Waals surface area contributed by atoms with E-state index in [0.717, 1.165) is 39.2 Å². The van der Waals surface area contributed by atoms with Crippen molar-refractivity contribution in [3.8, 4) is 0 Å². The van der Waals surface area contributed by atoms with E-state index < -0.39 is 0 Å². The van der Waals surface area contributed by atoms with Crippen LogP contribution in [0.15, 0.2) is 24.3 Å². The third kappa shape index (κ3) is 3.56. The number of morpholine rings is 1. The van der Waals surface area contributed by atoms with Gasteiger partial charge in [-0.3, -0.25) is 4.90 Å². The van der Waals surface area contributed by atoms with Gasteiger partial charge in [0, 0.05) is 26.2 Å². The monoisotopic (exact) mass is 260 g/mol. The van der Waals surface area contributed by atoms with Gasteiger partial charge in [-0.05, 0) is 36.9 Å². The zero-order valence-corrected chi connectivity index (χ0v) is 11.6. The Bertz CT molecular complexity index is 401. The SMILES string of the molecule is c1ccc2c(c1)CCCN(CCC1CNCCO1)C2. The van der Waals surface area contributed by atoms with Gasteiger partial charge in [-0.1, -0.05) is 24.3 Å². The number of benzene rings is 1. The minimum absolute atomic E-state index is 0.409. The maximum Gasteiger partial charge on any atom is 0.0712 e. The van der Waals surface area contributed by atoms with Crippen LogP contribution in [0.4, 0.5) is 0 Å². The molecule has 1 N–H and O–H groups in total. The number of hydrogen-bond donors (Lipinski definition) is 1. The summed E-state index contributed by atoms with van der Waals surface area (Å²) in [5, 5.41) is 3.41. The van der Waals surface area contributed by atoms with Gasteiger partial charge in [-0.25, -0.2) is 0 Å². The van der Waals surface area contributed by atoms with Crippen LogP contribution in [0.25, 0.3) is 0 Å². The van der Waals surface area contributed by atoms with Crippen LogP contribution in [-0.2, 0) is 17.7 Å². The third-order valence-corrected chi connectivity index (χ3v) is 4.20. The Morgan fingerprint density at radius 1 is 1.26 bits per heavy atom. The predicted octanol–water partition coefficient (Wildman–Crippen LogP) is 1.81. The van der Waals surface area contributed by atoms with Crippen molar-refractivity contribution in [1.82, 2.24) is 10.2 Å². The Morgan fingerprint density at radius 2 is 2.16 bits per heavy atom. The topological polar surface area (TPSA) is 24.5 Å². The summed E-state index contributed by atoms with van der Waals surface area (Å²) in [6, 6.07) is 8.89. The molecule has 1 fully saturated rings. The molecule has 3 nitrogen and oxygen atoms in total. The average Bonchev–Trinajstić information content (AvgIpc) is 2.68. The second kappa shape index (κ2) is 6.51. The Morgan fingerprint density at radius 3 is 3.00 bits per heavy atom. The predicted molar refractivity (Wildman–Crippen MR) is 77.3 cm³/mol. The summed E-state index contributed by atoms with van der Waals surface area (Å²) in [7, 11) is 0. The number of nitrogens with one attached hydrogen (secondary N) is 1. The molecule has 1 atom stereocenters. The largest absolute Gasteiger partial charge is 0.376 e. The van der Waals surface area contributed by atoms with Crippen molar-refractivity contribution < 1.29 is 4.74 Å². The van der Waals surface area contributed by atoms with Gasteiger partial charge in [0.15, 0.2) is 0 Å². The highest BCUT2D eigenvalue weighted by atomic mass is 16.5. The van der Waals surface area contributed by atoms with Gasteiger partial charge in [0.1, 0.15) is 0 Å². The molecule has 104 valence electrons. The Hall–Kier alpha value is -0.900. The van der Waals surface area contributed by atoms with Crippen LogP contribution in [0, 0.1) is 0 Å². The molecule has 0 radical (unpaired) electrons. The molecule has 2 aliphatic heterocycles. The lowest BCUT2D eigenvalue weighted by Crippen LogP contribution is -2.40. The second-order valence-corrected chi connectivity index (χ2v) is 5.63. The molecule has 0 aliphatic carbocycles. The van der Waals surface area contributed by atoms with Crippen LogP contribution >= 0.6 is 0 Å². The standard InChI is InChI=1S/C16H24N2O/c1-2-5-15-13-18(9-3-6-14(15)4-1)10-7-16-12-17-8-11-19-16/h1-2,4-5,16-17H,3,6-13H2. The molecule has 3 rings (SSSR count). The summed E-state index contributed by atoms with van der Waals surface area (Å²) < 4.78 is 5.78. The van der Waals surface area contributed by atoms with Crippen LogP contribution in [0.5, 0.6) is 0 Å². The van der Waals surface area contributed by atoms with E-state index in [9.17, 15) is 0 Å². The Balaban J connectivity index is 1.54. The van der Waals surface area contributed by atoms with E-state index >= 15 is 0 Å². The average molecular weight is 260 g/mol. The van der Waals surface area contributed by atoms with E-state index in [4.69, 9.17) is 4.74 Å². The molecule has 0 aromatic heterocycles. The molecule has 3 heteroatoms. The van der Waals surface area contributed by atoms with Gasteiger partial charge >= 0.3 is 0 Å². The summed E-state index contributed by atoms with van der Waals surface area (Å²) in [6.45, 7) is 6.37. The van der Waals surface area contributed by atoms with Gasteiger partial charge in [0.2, 0.25) is 0 Å². The summed E-state index contributed by atoms with van der Waals surface area (Å²) >= 11 is 0. The number of ether oxygens (including phenoxy) is 1. The summed E-state index contributed by atoms with van der Waals surface area (Å²) in [6.07, 6.45) is 4.07. The molecular weight excluding hydrogens is 236 g/mol. The van der Waals surface area contributed by atoms with Crippen LogP contribution in [0.2, 0.25) is 0 Å². The highest BCUT2D eigenvalue weighted by molar-refractivity contribution is 5.27. The minimum atomic E-state index is 0.409. The van der Waals surface area contributed by atoms with Crippen molar-refractivity contribution >= 4 is 0 Å². The maximum absolute atomic E-state index is 5.78. The van der Waals surface area contributed by atoms with Gasteiger partial charge in [-0.15, -0.1) is 0 Å². The Kier molecular flexibility index (Phi) is 4.49. The van der Waals surface area contributed by atoms with Crippen LogP contribution in [0.1, 0.15) is 24.0 Å². The fourth-order valence-corrected chi connectivity index (χ4v) is 3.09. The van der Waals surface area contributed by atoms with Crippen molar-refractivity contribution in [3.05, 3.63) is 35.4 Å². The molecule has 0 spiro atoms. The highest BCUT2D eigenvalue weighted by Gasteiger charge is 2.17. The third-order valence-electron chi connectivity index (χ3n) is 4.20. The summed E-state index contributed by atoms with van der Waals surface area (Å²) in [5.41, 5.74) is 3.06. The van der Waals surface area contributed by atoms with Crippen LogP contribution in [-0.4, -0.2) is 43.8 Å². The zero-order chi connectivity index (χ0) is 12.9. The van der Waals surface area contributed by atoms with Crippen molar-refractivity contribution in [2.75, 3.05) is 32.8 Å². The fraction of sp³-hybridized carbons (Fsp3) is 0.625. The molecule has 2 aliphatic rings. The Labute approximate surface area is 115 Å². The zero-order valence-electron chi connectivity index (χ0n) is 11.6. The molecule has 0 saturated carbocycles. The van der Waals surface area contributed by atoms with Crippen molar-refractivity contribution in [2.45, 2.75) is 31.9 Å². The van der Waals surface area contributed by atoms with E-state index in [1.54, 1.807) is 5.56 Å². The molecule has 1 saturated heterocycles. The first kappa shape index (κ1) is 13.1. The molecule has 1 aromatic carbocycles. The lowest BCUT2D eigenvalue weighted by atomic mass is 10.0. The quantitative estimate of drug-likeness (QED) is 0.897. The molecule has 2 heterocycles. The van der Waals surface area contributed by atoms with Gasteiger partial charge in [-0.2, -0.15) is 0 Å². The van der Waals surface area contributed by atoms with Crippen molar-refractivity contribution in [1.29, 1.82) is 0 Å². The van der Waals surface area contributed by atoms with Gasteiger partial charge in [0.05, 0.1) is 12.7 Å². The number of nitrogens with zero attached hydrogens (tertiary/aromatic N) is 1. The fourth-order valence-electron chi connectivity index (χ4n) is 3.09. The van der Waals surface area contributed by atoms with E-state index in [0.29, 0.717) is 6.10 Å². The van der Waals surface area contributed by atoms with Crippen molar-refractivity contribution in [2.24, 2.45) is 0 Å². The molecule has 1 aromatic rings. The first-order valence-corrected chi connectivity index (χ1v) is 7.53. The lowest BCUT2D eigenvalue weighted by Gasteiger charge is -2.27. The van der Waals surface area contributed by atoms with Crippen molar-refractivity contribution in [3.63, 3.8) is 0 Å². The maximum atomic E-state index is 5.78. The molecule has 0 amide bonds. The van der Waals surface area contributed by atoms with Crippen LogP contribution < -0.4 is 5.32 Å². The minimum Gasteiger partial charge on any atom is -0.376 e. The van der Waals surface area contributed by atoms with E-state index in [1.165, 1.54) is 24.9 Å². The van der Waals surface area contributed by atoms with Gasteiger partial charge in [0.25, 0.3) is 0 Å². The first-order chi connectivity index (χ1) is 9.42. The normalized spacial score (nSPS) is 24.7.